The summed E-state index contributed by atoms with van der Waals surface area (Å²) in [7, 11) is 0. The molecule has 0 radical (unpaired) electrons. The molecule has 0 spiro atoms. The molecule has 0 bridgehead atoms. The Morgan fingerprint density at radius 3 is 2.59 bits per heavy atom. The maximum Gasteiger partial charge on any atom is 0.224 e. The molecule has 0 aromatic heterocycles. The van der Waals surface area contributed by atoms with Gasteiger partial charge in [0.2, 0.25) is 5.91 Å². The Hall–Kier alpha value is -0.830. The molecule has 0 aliphatic heterocycles. The van der Waals surface area contributed by atoms with Crippen molar-refractivity contribution >= 4 is 27.5 Å². The number of rotatable bonds is 5. The van der Waals surface area contributed by atoms with Crippen LogP contribution in [0.5, 0.6) is 0 Å². The normalized spacial score (nSPS) is 10.4. The van der Waals surface area contributed by atoms with Gasteiger partial charge in [0.05, 0.1) is 5.69 Å². The zero-order valence-electron chi connectivity index (χ0n) is 10.8. The minimum absolute atomic E-state index is 0.103. The first kappa shape index (κ1) is 14.2. The third-order valence-electron chi connectivity index (χ3n) is 2.70. The van der Waals surface area contributed by atoms with Gasteiger partial charge in [0, 0.05) is 10.9 Å². The van der Waals surface area contributed by atoms with Crippen LogP contribution in [0.25, 0.3) is 0 Å². The van der Waals surface area contributed by atoms with Crippen LogP contribution in [-0.4, -0.2) is 5.91 Å². The van der Waals surface area contributed by atoms with Gasteiger partial charge in [-0.1, -0.05) is 25.8 Å². The first-order valence-corrected chi connectivity index (χ1v) is 6.90. The molecule has 0 aliphatic carbocycles. The number of halogens is 1. The average molecular weight is 298 g/mol. The monoisotopic (exact) mass is 297 g/mol. The second-order valence-corrected chi connectivity index (χ2v) is 5.30. The molecule has 0 fully saturated rings. The number of carbonyl (C=O) groups excluding carboxylic acids is 1. The fourth-order valence-corrected chi connectivity index (χ4v) is 2.58. The third-order valence-corrected chi connectivity index (χ3v) is 3.33. The SMILES string of the molecule is CCCCCC(=O)Nc1c(C)cc(C)cc1Br. The van der Waals surface area contributed by atoms with E-state index in [4.69, 9.17) is 0 Å². The van der Waals surface area contributed by atoms with Crippen LogP contribution in [0.1, 0.15) is 43.7 Å². The van der Waals surface area contributed by atoms with Gasteiger partial charge in [-0.15, -0.1) is 0 Å². The fraction of sp³-hybridized carbons (Fsp3) is 0.500. The Labute approximate surface area is 112 Å². The van der Waals surface area contributed by atoms with Crippen LogP contribution >= 0.6 is 15.9 Å². The summed E-state index contributed by atoms with van der Waals surface area (Å²) in [6.07, 6.45) is 3.82. The van der Waals surface area contributed by atoms with Crippen molar-refractivity contribution in [1.29, 1.82) is 0 Å². The molecule has 3 heteroatoms. The number of aryl methyl sites for hydroxylation is 2. The van der Waals surface area contributed by atoms with Crippen molar-refractivity contribution in [2.24, 2.45) is 0 Å². The maximum atomic E-state index is 11.7. The van der Waals surface area contributed by atoms with Crippen LogP contribution in [-0.2, 0) is 4.79 Å². The lowest BCUT2D eigenvalue weighted by molar-refractivity contribution is -0.116. The molecule has 1 aromatic carbocycles. The average Bonchev–Trinajstić information content (AvgIpc) is 2.24. The first-order chi connectivity index (χ1) is 8.04. The molecule has 0 atom stereocenters. The molecule has 1 amide bonds. The molecule has 94 valence electrons. The number of amides is 1. The number of carbonyl (C=O) groups is 1. The Kier molecular flexibility index (Phi) is 5.69. The molecule has 1 N–H and O–H groups in total. The number of hydrogen-bond donors (Lipinski definition) is 1. The Bertz CT molecular complexity index is 378. The predicted molar refractivity (Wildman–Crippen MR) is 76.4 cm³/mol. The Morgan fingerprint density at radius 1 is 1.29 bits per heavy atom. The van der Waals surface area contributed by atoms with E-state index in [1.807, 2.05) is 19.9 Å². The van der Waals surface area contributed by atoms with E-state index in [0.29, 0.717) is 6.42 Å². The summed E-state index contributed by atoms with van der Waals surface area (Å²) in [5, 5.41) is 2.98. The van der Waals surface area contributed by atoms with Crippen molar-refractivity contribution in [3.63, 3.8) is 0 Å². The van der Waals surface area contributed by atoms with Gasteiger partial charge >= 0.3 is 0 Å². The van der Waals surface area contributed by atoms with Gasteiger partial charge in [-0.2, -0.15) is 0 Å². The molecule has 0 saturated carbocycles. The van der Waals surface area contributed by atoms with Crippen molar-refractivity contribution in [3.05, 3.63) is 27.7 Å². The van der Waals surface area contributed by atoms with Crippen LogP contribution in [0.3, 0.4) is 0 Å². The van der Waals surface area contributed by atoms with Crippen LogP contribution in [0, 0.1) is 13.8 Å². The van der Waals surface area contributed by atoms with E-state index in [9.17, 15) is 4.79 Å². The summed E-state index contributed by atoms with van der Waals surface area (Å²) in [6.45, 7) is 6.20. The lowest BCUT2D eigenvalue weighted by Gasteiger charge is -2.11. The topological polar surface area (TPSA) is 29.1 Å². The summed E-state index contributed by atoms with van der Waals surface area (Å²) in [4.78, 5) is 11.7. The van der Waals surface area contributed by atoms with Gasteiger partial charge in [0.25, 0.3) is 0 Å². The van der Waals surface area contributed by atoms with E-state index in [1.165, 1.54) is 5.56 Å². The van der Waals surface area contributed by atoms with E-state index in [-0.39, 0.29) is 5.91 Å². The van der Waals surface area contributed by atoms with E-state index in [0.717, 1.165) is 35.0 Å². The molecule has 0 saturated heterocycles. The lowest BCUT2D eigenvalue weighted by atomic mass is 10.1. The van der Waals surface area contributed by atoms with Crippen molar-refractivity contribution in [1.82, 2.24) is 0 Å². The molecule has 0 unspecified atom stereocenters. The fourth-order valence-electron chi connectivity index (χ4n) is 1.81. The van der Waals surface area contributed by atoms with Crippen molar-refractivity contribution in [2.75, 3.05) is 5.32 Å². The van der Waals surface area contributed by atoms with Gasteiger partial charge in [-0.05, 0) is 53.4 Å². The summed E-state index contributed by atoms with van der Waals surface area (Å²) in [5.41, 5.74) is 3.19. The maximum absolute atomic E-state index is 11.7. The number of benzene rings is 1. The molecular formula is C14H20BrNO. The highest BCUT2D eigenvalue weighted by Crippen LogP contribution is 2.27. The van der Waals surface area contributed by atoms with Crippen LogP contribution in [0.4, 0.5) is 5.69 Å². The van der Waals surface area contributed by atoms with Crippen LogP contribution < -0.4 is 5.32 Å². The lowest BCUT2D eigenvalue weighted by Crippen LogP contribution is -2.12. The van der Waals surface area contributed by atoms with Crippen LogP contribution in [0.15, 0.2) is 16.6 Å². The quantitative estimate of drug-likeness (QED) is 0.792. The second kappa shape index (κ2) is 6.80. The molecule has 0 heterocycles. The number of unbranched alkanes of at least 4 members (excludes halogenated alkanes) is 2. The van der Waals surface area contributed by atoms with Gasteiger partial charge in [-0.25, -0.2) is 0 Å². The number of nitrogens with one attached hydrogen (secondary N) is 1. The largest absolute Gasteiger partial charge is 0.325 e. The highest BCUT2D eigenvalue weighted by molar-refractivity contribution is 9.10. The molecule has 1 aromatic rings. The van der Waals surface area contributed by atoms with Gasteiger partial charge in [0.15, 0.2) is 0 Å². The number of hydrogen-bond acceptors (Lipinski definition) is 1. The van der Waals surface area contributed by atoms with Crippen molar-refractivity contribution < 1.29 is 4.79 Å². The predicted octanol–water partition coefficient (Wildman–Crippen LogP) is 4.58. The summed E-state index contributed by atoms with van der Waals surface area (Å²) >= 11 is 3.49. The summed E-state index contributed by atoms with van der Waals surface area (Å²) < 4.78 is 0.957. The van der Waals surface area contributed by atoms with Gasteiger partial charge < -0.3 is 5.32 Å². The zero-order chi connectivity index (χ0) is 12.8. The standard InChI is InChI=1S/C14H20BrNO/c1-4-5-6-7-13(17)16-14-11(3)8-10(2)9-12(14)15/h8-9H,4-7H2,1-3H3,(H,16,17). The zero-order valence-corrected chi connectivity index (χ0v) is 12.4. The van der Waals surface area contributed by atoms with Gasteiger partial charge in [-0.3, -0.25) is 4.79 Å². The van der Waals surface area contributed by atoms with E-state index >= 15 is 0 Å². The Balaban J connectivity index is 2.65. The highest BCUT2D eigenvalue weighted by atomic mass is 79.9. The van der Waals surface area contributed by atoms with Crippen molar-refractivity contribution in [3.8, 4) is 0 Å². The Morgan fingerprint density at radius 2 is 2.00 bits per heavy atom. The third kappa shape index (κ3) is 4.50. The summed E-state index contributed by atoms with van der Waals surface area (Å²) in [6, 6.07) is 4.10. The molecule has 1 rings (SSSR count). The smallest absolute Gasteiger partial charge is 0.224 e. The summed E-state index contributed by atoms with van der Waals surface area (Å²) in [5.74, 6) is 0.103. The highest BCUT2D eigenvalue weighted by Gasteiger charge is 2.08. The van der Waals surface area contributed by atoms with E-state index < -0.39 is 0 Å². The van der Waals surface area contributed by atoms with Crippen molar-refractivity contribution in [2.45, 2.75) is 46.5 Å². The second-order valence-electron chi connectivity index (χ2n) is 4.44. The van der Waals surface area contributed by atoms with Gasteiger partial charge in [0.1, 0.15) is 0 Å². The minimum Gasteiger partial charge on any atom is -0.325 e. The number of anilines is 1. The molecule has 2 nitrogen and oxygen atoms in total. The minimum atomic E-state index is 0.103. The van der Waals surface area contributed by atoms with E-state index in [1.54, 1.807) is 0 Å². The van der Waals surface area contributed by atoms with E-state index in [2.05, 4.69) is 34.2 Å². The molecule has 0 aliphatic rings. The molecular weight excluding hydrogens is 278 g/mol. The van der Waals surface area contributed by atoms with Crippen LogP contribution in [0.2, 0.25) is 0 Å². The molecule has 17 heavy (non-hydrogen) atoms. The first-order valence-electron chi connectivity index (χ1n) is 6.11.